The molecule has 1 nitrogen and oxygen atoms in total. The highest BCUT2D eigenvalue weighted by Gasteiger charge is 2.12. The Labute approximate surface area is 104 Å². The first-order valence-corrected chi connectivity index (χ1v) is 6.19. The maximum atomic E-state index is 12.2. The number of carbonyl (C=O) groups excluding carboxylic acids is 1. The smallest absolute Gasteiger partial charge is 0.194 e. The van der Waals surface area contributed by atoms with Gasteiger partial charge in [-0.1, -0.05) is 11.6 Å². The number of hydrogen-bond acceptors (Lipinski definition) is 2. The van der Waals surface area contributed by atoms with E-state index in [2.05, 4.69) is 0 Å². The maximum Gasteiger partial charge on any atom is 0.194 e. The quantitative estimate of drug-likeness (QED) is 0.729. The van der Waals surface area contributed by atoms with Crippen molar-refractivity contribution in [2.24, 2.45) is 0 Å². The third kappa shape index (κ3) is 2.18. The lowest BCUT2D eigenvalue weighted by molar-refractivity contribution is 0.103. The molecule has 0 atom stereocenters. The van der Waals surface area contributed by atoms with Crippen LogP contribution in [0, 0.1) is 13.8 Å². The van der Waals surface area contributed by atoms with Crippen LogP contribution >= 0.6 is 22.9 Å². The molecule has 0 saturated heterocycles. The van der Waals surface area contributed by atoms with Crippen molar-refractivity contribution < 1.29 is 4.79 Å². The number of halogens is 1. The SMILES string of the molecule is Cc1cc(C(=O)c2ccc(Cl)cc2C)cs1. The Bertz CT molecular complexity index is 543. The van der Waals surface area contributed by atoms with Gasteiger partial charge in [-0.15, -0.1) is 11.3 Å². The van der Waals surface area contributed by atoms with Crippen LogP contribution in [0.5, 0.6) is 0 Å². The molecule has 2 rings (SSSR count). The molecule has 1 aromatic heterocycles. The van der Waals surface area contributed by atoms with Crippen molar-refractivity contribution in [1.29, 1.82) is 0 Å². The van der Waals surface area contributed by atoms with Crippen molar-refractivity contribution in [2.45, 2.75) is 13.8 Å². The first-order valence-electron chi connectivity index (χ1n) is 4.94. The van der Waals surface area contributed by atoms with Crippen LogP contribution < -0.4 is 0 Å². The minimum absolute atomic E-state index is 0.0681. The van der Waals surface area contributed by atoms with Crippen molar-refractivity contribution in [3.05, 3.63) is 56.2 Å². The molecule has 16 heavy (non-hydrogen) atoms. The minimum Gasteiger partial charge on any atom is -0.289 e. The van der Waals surface area contributed by atoms with Crippen molar-refractivity contribution in [1.82, 2.24) is 0 Å². The van der Waals surface area contributed by atoms with E-state index in [4.69, 9.17) is 11.6 Å². The molecule has 1 aromatic carbocycles. The van der Waals surface area contributed by atoms with E-state index in [-0.39, 0.29) is 5.78 Å². The van der Waals surface area contributed by atoms with E-state index in [0.29, 0.717) is 5.02 Å². The van der Waals surface area contributed by atoms with Gasteiger partial charge in [0.25, 0.3) is 0 Å². The fourth-order valence-corrected chi connectivity index (χ4v) is 2.51. The molecule has 0 aliphatic rings. The van der Waals surface area contributed by atoms with E-state index in [1.807, 2.05) is 31.4 Å². The van der Waals surface area contributed by atoms with E-state index >= 15 is 0 Å². The van der Waals surface area contributed by atoms with Gasteiger partial charge in [-0.2, -0.15) is 0 Å². The van der Waals surface area contributed by atoms with E-state index in [1.54, 1.807) is 23.5 Å². The molecule has 0 fully saturated rings. The summed E-state index contributed by atoms with van der Waals surface area (Å²) in [5.41, 5.74) is 2.40. The van der Waals surface area contributed by atoms with Crippen LogP contribution in [0.25, 0.3) is 0 Å². The third-order valence-corrected chi connectivity index (χ3v) is 3.52. The Morgan fingerprint density at radius 1 is 1.25 bits per heavy atom. The van der Waals surface area contributed by atoms with Gasteiger partial charge in [-0.05, 0) is 43.7 Å². The normalized spacial score (nSPS) is 10.4. The molecule has 1 heterocycles. The summed E-state index contributed by atoms with van der Waals surface area (Å²) in [5.74, 6) is 0.0681. The minimum atomic E-state index is 0.0681. The molecule has 0 spiro atoms. The highest BCUT2D eigenvalue weighted by Crippen LogP contribution is 2.21. The van der Waals surface area contributed by atoms with Gasteiger partial charge in [0, 0.05) is 26.4 Å². The van der Waals surface area contributed by atoms with Crippen LogP contribution in [0.3, 0.4) is 0 Å². The molecule has 0 N–H and O–H groups in total. The second-order valence-electron chi connectivity index (χ2n) is 3.73. The predicted molar refractivity (Wildman–Crippen MR) is 68.7 cm³/mol. The lowest BCUT2D eigenvalue weighted by Crippen LogP contribution is -2.01. The Hall–Kier alpha value is -1.12. The van der Waals surface area contributed by atoms with E-state index in [9.17, 15) is 4.79 Å². The average Bonchev–Trinajstić information content (AvgIpc) is 2.64. The molecule has 0 bridgehead atoms. The van der Waals surface area contributed by atoms with Crippen molar-refractivity contribution >= 4 is 28.7 Å². The number of carbonyl (C=O) groups is 1. The molecule has 0 unspecified atom stereocenters. The van der Waals surface area contributed by atoms with E-state index in [0.717, 1.165) is 21.6 Å². The first-order chi connectivity index (χ1) is 7.58. The molecule has 0 saturated carbocycles. The summed E-state index contributed by atoms with van der Waals surface area (Å²) < 4.78 is 0. The van der Waals surface area contributed by atoms with Crippen LogP contribution in [0.4, 0.5) is 0 Å². The van der Waals surface area contributed by atoms with E-state index in [1.165, 1.54) is 0 Å². The lowest BCUT2D eigenvalue weighted by Gasteiger charge is -2.03. The second-order valence-corrected chi connectivity index (χ2v) is 5.29. The van der Waals surface area contributed by atoms with Crippen molar-refractivity contribution in [3.63, 3.8) is 0 Å². The molecular formula is C13H11ClOS. The highest BCUT2D eigenvalue weighted by atomic mass is 35.5. The molecule has 3 heteroatoms. The van der Waals surface area contributed by atoms with Crippen LogP contribution in [-0.4, -0.2) is 5.78 Å². The van der Waals surface area contributed by atoms with Gasteiger partial charge < -0.3 is 0 Å². The topological polar surface area (TPSA) is 17.1 Å². The number of thiophene rings is 1. The zero-order valence-corrected chi connectivity index (χ0v) is 10.7. The summed E-state index contributed by atoms with van der Waals surface area (Å²) in [4.78, 5) is 13.3. The number of rotatable bonds is 2. The van der Waals surface area contributed by atoms with Gasteiger partial charge in [0.05, 0.1) is 0 Å². The van der Waals surface area contributed by atoms with Gasteiger partial charge in [0.1, 0.15) is 0 Å². The zero-order valence-electron chi connectivity index (χ0n) is 9.08. The Kier molecular flexibility index (Phi) is 3.13. The van der Waals surface area contributed by atoms with Crippen LogP contribution in [0.1, 0.15) is 26.4 Å². The Balaban J connectivity index is 2.41. The van der Waals surface area contributed by atoms with E-state index < -0.39 is 0 Å². The summed E-state index contributed by atoms with van der Waals surface area (Å²) in [6.45, 7) is 3.90. The summed E-state index contributed by atoms with van der Waals surface area (Å²) in [6, 6.07) is 7.27. The molecular weight excluding hydrogens is 240 g/mol. The van der Waals surface area contributed by atoms with Gasteiger partial charge in [-0.3, -0.25) is 4.79 Å². The number of benzene rings is 1. The standard InChI is InChI=1S/C13H11ClOS/c1-8-5-11(14)3-4-12(8)13(15)10-6-9(2)16-7-10/h3-7H,1-2H3. The molecule has 0 aliphatic heterocycles. The Morgan fingerprint density at radius 2 is 2.00 bits per heavy atom. The van der Waals surface area contributed by atoms with Crippen LogP contribution in [0.15, 0.2) is 29.6 Å². The monoisotopic (exact) mass is 250 g/mol. The summed E-state index contributed by atoms with van der Waals surface area (Å²) in [5, 5.41) is 2.56. The first kappa shape index (κ1) is 11.4. The summed E-state index contributed by atoms with van der Waals surface area (Å²) in [6.07, 6.45) is 0. The number of ketones is 1. The van der Waals surface area contributed by atoms with Crippen LogP contribution in [0.2, 0.25) is 5.02 Å². The third-order valence-electron chi connectivity index (χ3n) is 2.43. The molecule has 0 aliphatic carbocycles. The van der Waals surface area contributed by atoms with Crippen molar-refractivity contribution in [2.75, 3.05) is 0 Å². The fourth-order valence-electron chi connectivity index (χ4n) is 1.60. The molecule has 2 aromatic rings. The zero-order chi connectivity index (χ0) is 11.7. The Morgan fingerprint density at radius 3 is 2.56 bits per heavy atom. The lowest BCUT2D eigenvalue weighted by atomic mass is 10.0. The number of hydrogen-bond donors (Lipinski definition) is 0. The second kappa shape index (κ2) is 4.40. The largest absolute Gasteiger partial charge is 0.289 e. The van der Waals surface area contributed by atoms with Crippen molar-refractivity contribution in [3.8, 4) is 0 Å². The van der Waals surface area contributed by atoms with Gasteiger partial charge in [-0.25, -0.2) is 0 Å². The number of aryl methyl sites for hydroxylation is 2. The summed E-state index contributed by atoms with van der Waals surface area (Å²) in [7, 11) is 0. The van der Waals surface area contributed by atoms with Gasteiger partial charge in [0.15, 0.2) is 5.78 Å². The summed E-state index contributed by atoms with van der Waals surface area (Å²) >= 11 is 7.45. The predicted octanol–water partition coefficient (Wildman–Crippen LogP) is 4.25. The molecule has 82 valence electrons. The fraction of sp³-hybridized carbons (Fsp3) is 0.154. The van der Waals surface area contributed by atoms with Crippen LogP contribution in [-0.2, 0) is 0 Å². The molecule has 0 radical (unpaired) electrons. The maximum absolute atomic E-state index is 12.2. The van der Waals surface area contributed by atoms with Gasteiger partial charge in [0.2, 0.25) is 0 Å². The highest BCUT2D eigenvalue weighted by molar-refractivity contribution is 7.10. The van der Waals surface area contributed by atoms with Gasteiger partial charge >= 0.3 is 0 Å². The average molecular weight is 251 g/mol. The molecule has 0 amide bonds.